The molecule has 0 fully saturated rings. The van der Waals surface area contributed by atoms with Crippen LogP contribution in [0.15, 0.2) is 0 Å². The first-order valence-corrected chi connectivity index (χ1v) is 8.03. The van der Waals surface area contributed by atoms with Crippen LogP contribution in [0, 0.1) is 5.92 Å². The monoisotopic (exact) mass is 310 g/mol. The van der Waals surface area contributed by atoms with Gasteiger partial charge in [0, 0.05) is 29.8 Å². The van der Waals surface area contributed by atoms with E-state index in [1.54, 1.807) is 0 Å². The number of carbonyl (C=O) groups excluding carboxylic acids is 2. The van der Waals surface area contributed by atoms with Crippen LogP contribution in [-0.4, -0.2) is 34.4 Å². The molecule has 2 rings (SSSR count). The number of hydrogen-bond acceptors (Lipinski definition) is 4. The summed E-state index contributed by atoms with van der Waals surface area (Å²) in [6, 6.07) is -0.162. The number of hydrogen-bond donors (Lipinski definition) is 2. The molecule has 0 aliphatic carbocycles. The van der Waals surface area contributed by atoms with Gasteiger partial charge in [0.25, 0.3) is 0 Å². The van der Waals surface area contributed by atoms with Gasteiger partial charge >= 0.3 is 6.03 Å². The van der Waals surface area contributed by atoms with Gasteiger partial charge in [0.2, 0.25) is 5.91 Å². The Morgan fingerprint density at radius 2 is 2.00 bits per heavy atom. The molecular weight excluding hydrogens is 288 g/mol. The molecule has 2 heterocycles. The Morgan fingerprint density at radius 3 is 2.62 bits per heavy atom. The summed E-state index contributed by atoms with van der Waals surface area (Å²) >= 11 is 1.45. The number of anilines is 1. The Morgan fingerprint density at radius 1 is 1.29 bits per heavy atom. The van der Waals surface area contributed by atoms with Crippen LogP contribution in [-0.2, 0) is 17.8 Å². The van der Waals surface area contributed by atoms with E-state index in [4.69, 9.17) is 0 Å². The van der Waals surface area contributed by atoms with Crippen molar-refractivity contribution in [1.29, 1.82) is 0 Å². The topological polar surface area (TPSA) is 74.3 Å². The second-order valence-electron chi connectivity index (χ2n) is 5.81. The van der Waals surface area contributed by atoms with Gasteiger partial charge in [0.15, 0.2) is 5.13 Å². The van der Waals surface area contributed by atoms with Crippen LogP contribution in [0.25, 0.3) is 0 Å². The fourth-order valence-corrected chi connectivity index (χ4v) is 3.22. The maximum atomic E-state index is 12.0. The maximum Gasteiger partial charge on any atom is 0.321 e. The molecule has 3 amide bonds. The van der Waals surface area contributed by atoms with Gasteiger partial charge in [-0.15, -0.1) is 0 Å². The normalized spacial score (nSPS) is 14.3. The quantitative estimate of drug-likeness (QED) is 0.899. The smallest absolute Gasteiger partial charge is 0.321 e. The van der Waals surface area contributed by atoms with Gasteiger partial charge in [-0.1, -0.05) is 25.2 Å². The molecular formula is C14H22N4O2S. The van der Waals surface area contributed by atoms with Gasteiger partial charge in [-0.3, -0.25) is 10.1 Å². The number of rotatable bonds is 3. The molecule has 7 heteroatoms. The van der Waals surface area contributed by atoms with Crippen molar-refractivity contribution in [2.24, 2.45) is 5.92 Å². The number of urea groups is 1. The highest BCUT2D eigenvalue weighted by atomic mass is 32.1. The van der Waals surface area contributed by atoms with Gasteiger partial charge in [-0.2, -0.15) is 0 Å². The third-order valence-corrected chi connectivity index (χ3v) is 4.17. The van der Waals surface area contributed by atoms with E-state index in [1.807, 2.05) is 32.6 Å². The zero-order valence-corrected chi connectivity index (χ0v) is 13.7. The molecule has 21 heavy (non-hydrogen) atoms. The van der Waals surface area contributed by atoms with Crippen LogP contribution in [0.3, 0.4) is 0 Å². The van der Waals surface area contributed by atoms with Gasteiger partial charge in [-0.05, 0) is 13.8 Å². The summed E-state index contributed by atoms with van der Waals surface area (Å²) in [6.45, 7) is 8.92. The summed E-state index contributed by atoms with van der Waals surface area (Å²) in [4.78, 5) is 31.1. The van der Waals surface area contributed by atoms with Crippen molar-refractivity contribution in [1.82, 2.24) is 15.2 Å². The van der Waals surface area contributed by atoms with Crippen LogP contribution in [0.1, 0.15) is 38.3 Å². The molecule has 0 atom stereocenters. The van der Waals surface area contributed by atoms with Crippen LogP contribution in [0.5, 0.6) is 0 Å². The predicted molar refractivity (Wildman–Crippen MR) is 83.4 cm³/mol. The summed E-state index contributed by atoms with van der Waals surface area (Å²) in [6.07, 6.45) is 0.748. The molecule has 0 saturated heterocycles. The molecule has 0 bridgehead atoms. The largest absolute Gasteiger partial charge is 0.337 e. The Hall–Kier alpha value is -1.63. The van der Waals surface area contributed by atoms with E-state index < -0.39 is 0 Å². The minimum Gasteiger partial charge on any atom is -0.337 e. The van der Waals surface area contributed by atoms with Gasteiger partial charge in [-0.25, -0.2) is 9.78 Å². The van der Waals surface area contributed by atoms with Crippen molar-refractivity contribution >= 4 is 28.4 Å². The van der Waals surface area contributed by atoms with Crippen molar-refractivity contribution in [2.45, 2.75) is 46.7 Å². The number of nitrogens with zero attached hydrogens (tertiary/aromatic N) is 2. The number of amides is 3. The number of nitrogens with one attached hydrogen (secondary N) is 2. The summed E-state index contributed by atoms with van der Waals surface area (Å²) in [7, 11) is 0. The first-order valence-electron chi connectivity index (χ1n) is 7.21. The molecule has 1 aliphatic rings. The zero-order valence-electron chi connectivity index (χ0n) is 12.9. The van der Waals surface area contributed by atoms with Crippen LogP contribution in [0.2, 0.25) is 0 Å². The highest BCUT2D eigenvalue weighted by Crippen LogP contribution is 2.28. The minimum atomic E-state index is -0.244. The lowest BCUT2D eigenvalue weighted by atomic mass is 10.1. The summed E-state index contributed by atoms with van der Waals surface area (Å²) in [5, 5.41) is 6.11. The Kier molecular flexibility index (Phi) is 4.82. The van der Waals surface area contributed by atoms with E-state index in [1.165, 1.54) is 11.3 Å². The second kappa shape index (κ2) is 6.43. The van der Waals surface area contributed by atoms with Crippen LogP contribution < -0.4 is 10.6 Å². The summed E-state index contributed by atoms with van der Waals surface area (Å²) < 4.78 is 0. The van der Waals surface area contributed by atoms with E-state index in [9.17, 15) is 9.59 Å². The lowest BCUT2D eigenvalue weighted by Gasteiger charge is -2.27. The standard InChI is InChI=1S/C14H22N4O2S/c1-8(2)12(19)18-6-5-10-11(7-18)21-14(16-10)17-13(20)15-9(3)4/h8-9H,5-7H2,1-4H3,(H2,15,16,17,20). The third kappa shape index (κ3) is 3.93. The molecule has 2 N–H and O–H groups in total. The maximum absolute atomic E-state index is 12.0. The molecule has 6 nitrogen and oxygen atoms in total. The molecule has 1 aromatic heterocycles. The number of fused-ring (bicyclic) bond motifs is 1. The van der Waals surface area contributed by atoms with E-state index in [-0.39, 0.29) is 23.9 Å². The second-order valence-corrected chi connectivity index (χ2v) is 6.89. The Balaban J connectivity index is 2.02. The lowest BCUT2D eigenvalue weighted by Crippen LogP contribution is -2.37. The van der Waals surface area contributed by atoms with Gasteiger partial charge < -0.3 is 10.2 Å². The Bertz CT molecular complexity index is 539. The average molecular weight is 310 g/mol. The average Bonchev–Trinajstić information content (AvgIpc) is 2.77. The molecule has 0 unspecified atom stereocenters. The van der Waals surface area contributed by atoms with E-state index in [0.717, 1.165) is 17.0 Å². The van der Waals surface area contributed by atoms with Crippen molar-refractivity contribution in [3.05, 3.63) is 10.6 Å². The highest BCUT2D eigenvalue weighted by molar-refractivity contribution is 7.15. The molecule has 0 saturated carbocycles. The number of carbonyl (C=O) groups is 2. The number of aromatic nitrogens is 1. The summed E-state index contributed by atoms with van der Waals surface area (Å²) in [5.74, 6) is 0.176. The lowest BCUT2D eigenvalue weighted by molar-refractivity contribution is -0.135. The van der Waals surface area contributed by atoms with Gasteiger partial charge in [0.1, 0.15) is 0 Å². The molecule has 1 aromatic rings. The summed E-state index contributed by atoms with van der Waals surface area (Å²) in [5.41, 5.74) is 0.993. The van der Waals surface area contributed by atoms with Crippen molar-refractivity contribution < 1.29 is 9.59 Å². The Labute approximate surface area is 128 Å². The van der Waals surface area contributed by atoms with E-state index in [0.29, 0.717) is 18.2 Å². The number of thiazole rings is 1. The molecule has 1 aliphatic heterocycles. The fraction of sp³-hybridized carbons (Fsp3) is 0.643. The highest BCUT2D eigenvalue weighted by Gasteiger charge is 2.25. The van der Waals surface area contributed by atoms with Crippen molar-refractivity contribution in [3.8, 4) is 0 Å². The van der Waals surface area contributed by atoms with E-state index >= 15 is 0 Å². The van der Waals surface area contributed by atoms with Crippen LogP contribution in [0.4, 0.5) is 9.93 Å². The van der Waals surface area contributed by atoms with Crippen LogP contribution >= 0.6 is 11.3 Å². The molecule has 0 aromatic carbocycles. The first-order chi connectivity index (χ1) is 9.86. The minimum absolute atomic E-state index is 0.00823. The SMILES string of the molecule is CC(C)NC(=O)Nc1nc2c(s1)CN(C(=O)C(C)C)CC2. The third-order valence-electron chi connectivity index (χ3n) is 3.18. The van der Waals surface area contributed by atoms with E-state index in [2.05, 4.69) is 15.6 Å². The van der Waals surface area contributed by atoms with Crippen molar-refractivity contribution in [2.75, 3.05) is 11.9 Å². The predicted octanol–water partition coefficient (Wildman–Crippen LogP) is 2.21. The van der Waals surface area contributed by atoms with Gasteiger partial charge in [0.05, 0.1) is 12.2 Å². The molecule has 116 valence electrons. The fourth-order valence-electron chi connectivity index (χ4n) is 2.20. The molecule has 0 spiro atoms. The van der Waals surface area contributed by atoms with Crippen molar-refractivity contribution in [3.63, 3.8) is 0 Å². The molecule has 0 radical (unpaired) electrons. The zero-order chi connectivity index (χ0) is 15.6. The first kappa shape index (κ1) is 15.8.